The van der Waals surface area contributed by atoms with Gasteiger partial charge in [-0.2, -0.15) is 0 Å². The Morgan fingerprint density at radius 1 is 1.33 bits per heavy atom. The van der Waals surface area contributed by atoms with Crippen LogP contribution >= 0.6 is 0 Å². The molecular formula is C13H20N2O2S. The minimum Gasteiger partial charge on any atom is -0.258 e. The molecule has 0 atom stereocenters. The number of nitrogens with zero attached hydrogens (tertiary/aromatic N) is 2. The van der Waals surface area contributed by atoms with Gasteiger partial charge in [-0.15, -0.1) is 0 Å². The molecule has 0 unspecified atom stereocenters. The monoisotopic (exact) mass is 268 g/mol. The van der Waals surface area contributed by atoms with Gasteiger partial charge in [-0.25, -0.2) is 12.7 Å². The molecule has 0 spiro atoms. The second kappa shape index (κ2) is 5.36. The molecule has 1 aromatic heterocycles. The molecule has 1 aromatic rings. The van der Waals surface area contributed by atoms with E-state index in [0.29, 0.717) is 19.0 Å². The van der Waals surface area contributed by atoms with E-state index in [9.17, 15) is 8.42 Å². The van der Waals surface area contributed by atoms with Crippen molar-refractivity contribution in [3.8, 4) is 0 Å². The van der Waals surface area contributed by atoms with Gasteiger partial charge in [0.15, 0.2) is 0 Å². The largest absolute Gasteiger partial charge is 0.258 e. The van der Waals surface area contributed by atoms with Gasteiger partial charge in [0.2, 0.25) is 10.0 Å². The molecule has 0 bridgehead atoms. The molecule has 2 heterocycles. The van der Waals surface area contributed by atoms with Crippen molar-refractivity contribution >= 4 is 10.0 Å². The minimum atomic E-state index is -3.02. The molecule has 4 nitrogen and oxygen atoms in total. The molecule has 1 saturated heterocycles. The molecule has 0 aliphatic carbocycles. The molecule has 0 aromatic carbocycles. The lowest BCUT2D eigenvalue weighted by Gasteiger charge is -2.30. The normalized spacial score (nSPS) is 19.0. The van der Waals surface area contributed by atoms with Gasteiger partial charge in [-0.3, -0.25) is 4.98 Å². The third-order valence-electron chi connectivity index (χ3n) is 3.54. The van der Waals surface area contributed by atoms with Gasteiger partial charge in [0.25, 0.3) is 0 Å². The summed E-state index contributed by atoms with van der Waals surface area (Å²) in [5, 5.41) is 0. The number of aromatic nitrogens is 1. The highest BCUT2D eigenvalue weighted by atomic mass is 32.2. The SMILES string of the molecule is CCS(=O)(=O)N1CCC(c2cccc(C)n2)CC1. The first-order valence-corrected chi connectivity index (χ1v) is 8.05. The van der Waals surface area contributed by atoms with Crippen LogP contribution in [0.3, 0.4) is 0 Å². The van der Waals surface area contributed by atoms with E-state index in [1.807, 2.05) is 25.1 Å². The van der Waals surface area contributed by atoms with Crippen molar-refractivity contribution in [2.75, 3.05) is 18.8 Å². The maximum atomic E-state index is 11.8. The Morgan fingerprint density at radius 2 is 2.00 bits per heavy atom. The summed E-state index contributed by atoms with van der Waals surface area (Å²) in [6.45, 7) is 4.93. The van der Waals surface area contributed by atoms with E-state index in [2.05, 4.69) is 4.98 Å². The third kappa shape index (κ3) is 2.90. The first kappa shape index (κ1) is 13.5. The summed E-state index contributed by atoms with van der Waals surface area (Å²) in [6.07, 6.45) is 1.74. The lowest BCUT2D eigenvalue weighted by atomic mass is 9.94. The lowest BCUT2D eigenvalue weighted by molar-refractivity contribution is 0.317. The molecule has 100 valence electrons. The van der Waals surface area contributed by atoms with E-state index in [1.165, 1.54) is 0 Å². The zero-order valence-corrected chi connectivity index (χ0v) is 11.8. The molecule has 5 heteroatoms. The molecule has 1 fully saturated rings. The van der Waals surface area contributed by atoms with Crippen LogP contribution in [0.25, 0.3) is 0 Å². The maximum Gasteiger partial charge on any atom is 0.213 e. The van der Waals surface area contributed by atoms with Crippen LogP contribution in [0.4, 0.5) is 0 Å². The van der Waals surface area contributed by atoms with Gasteiger partial charge in [0.1, 0.15) is 0 Å². The molecule has 1 aliphatic rings. The Morgan fingerprint density at radius 3 is 2.56 bits per heavy atom. The van der Waals surface area contributed by atoms with Crippen LogP contribution in [-0.4, -0.2) is 36.5 Å². The Kier molecular flexibility index (Phi) is 4.02. The average molecular weight is 268 g/mol. The molecule has 0 radical (unpaired) electrons. The number of aryl methyl sites for hydroxylation is 1. The fourth-order valence-electron chi connectivity index (χ4n) is 2.40. The number of piperidine rings is 1. The first-order valence-electron chi connectivity index (χ1n) is 6.44. The average Bonchev–Trinajstić information content (AvgIpc) is 2.39. The summed E-state index contributed by atoms with van der Waals surface area (Å²) < 4.78 is 25.1. The molecule has 18 heavy (non-hydrogen) atoms. The lowest BCUT2D eigenvalue weighted by Crippen LogP contribution is -2.38. The van der Waals surface area contributed by atoms with Gasteiger partial charge in [0, 0.05) is 30.4 Å². The van der Waals surface area contributed by atoms with Crippen molar-refractivity contribution < 1.29 is 8.42 Å². The highest BCUT2D eigenvalue weighted by molar-refractivity contribution is 7.89. The van der Waals surface area contributed by atoms with Crippen LogP contribution in [0.5, 0.6) is 0 Å². The number of pyridine rings is 1. The van der Waals surface area contributed by atoms with Crippen LogP contribution in [-0.2, 0) is 10.0 Å². The molecule has 2 rings (SSSR count). The molecule has 0 amide bonds. The van der Waals surface area contributed by atoms with E-state index in [4.69, 9.17) is 0 Å². The van der Waals surface area contributed by atoms with E-state index in [-0.39, 0.29) is 5.75 Å². The number of rotatable bonds is 3. The van der Waals surface area contributed by atoms with Gasteiger partial charge >= 0.3 is 0 Å². The van der Waals surface area contributed by atoms with Crippen molar-refractivity contribution in [3.05, 3.63) is 29.6 Å². The predicted molar refractivity (Wildman–Crippen MR) is 72.0 cm³/mol. The Labute approximate surface area is 109 Å². The van der Waals surface area contributed by atoms with Crippen LogP contribution in [0.15, 0.2) is 18.2 Å². The van der Waals surface area contributed by atoms with E-state index in [0.717, 1.165) is 24.2 Å². The molecule has 0 saturated carbocycles. The third-order valence-corrected chi connectivity index (χ3v) is 5.42. The summed E-state index contributed by atoms with van der Waals surface area (Å²) in [7, 11) is -3.02. The highest BCUT2D eigenvalue weighted by Gasteiger charge is 2.27. The van der Waals surface area contributed by atoms with E-state index in [1.54, 1.807) is 11.2 Å². The van der Waals surface area contributed by atoms with Crippen molar-refractivity contribution in [1.82, 2.24) is 9.29 Å². The van der Waals surface area contributed by atoms with Crippen molar-refractivity contribution in [2.45, 2.75) is 32.6 Å². The standard InChI is InChI=1S/C13H20N2O2S/c1-3-18(16,17)15-9-7-12(8-10-15)13-6-4-5-11(2)14-13/h4-6,12H,3,7-10H2,1-2H3. The number of hydrogen-bond donors (Lipinski definition) is 0. The number of hydrogen-bond acceptors (Lipinski definition) is 3. The van der Waals surface area contributed by atoms with Crippen LogP contribution in [0.2, 0.25) is 0 Å². The molecular weight excluding hydrogens is 248 g/mol. The highest BCUT2D eigenvalue weighted by Crippen LogP contribution is 2.27. The zero-order valence-electron chi connectivity index (χ0n) is 11.0. The smallest absolute Gasteiger partial charge is 0.213 e. The van der Waals surface area contributed by atoms with Gasteiger partial charge < -0.3 is 0 Å². The van der Waals surface area contributed by atoms with Gasteiger partial charge in [-0.05, 0) is 38.8 Å². The van der Waals surface area contributed by atoms with Crippen LogP contribution in [0.1, 0.15) is 37.1 Å². The Hall–Kier alpha value is -0.940. The summed E-state index contributed by atoms with van der Waals surface area (Å²) in [4.78, 5) is 4.54. The van der Waals surface area contributed by atoms with E-state index < -0.39 is 10.0 Å². The predicted octanol–water partition coefficient (Wildman–Crippen LogP) is 1.92. The van der Waals surface area contributed by atoms with Gasteiger partial charge in [0.05, 0.1) is 5.75 Å². The molecule has 0 N–H and O–H groups in total. The summed E-state index contributed by atoms with van der Waals surface area (Å²) in [5.74, 6) is 0.591. The topological polar surface area (TPSA) is 50.3 Å². The fraction of sp³-hybridized carbons (Fsp3) is 0.615. The van der Waals surface area contributed by atoms with Gasteiger partial charge in [-0.1, -0.05) is 6.07 Å². The van der Waals surface area contributed by atoms with E-state index >= 15 is 0 Å². The van der Waals surface area contributed by atoms with Crippen LogP contribution in [0, 0.1) is 6.92 Å². The molecule has 1 aliphatic heterocycles. The quantitative estimate of drug-likeness (QED) is 0.841. The van der Waals surface area contributed by atoms with Crippen LogP contribution < -0.4 is 0 Å². The van der Waals surface area contributed by atoms with Crippen molar-refractivity contribution in [3.63, 3.8) is 0 Å². The second-order valence-electron chi connectivity index (χ2n) is 4.78. The zero-order chi connectivity index (χ0) is 13.2. The fourth-order valence-corrected chi connectivity index (χ4v) is 3.54. The summed E-state index contributed by atoms with van der Waals surface area (Å²) in [6, 6.07) is 6.05. The Balaban J connectivity index is 2.03. The number of sulfonamides is 1. The summed E-state index contributed by atoms with van der Waals surface area (Å²) >= 11 is 0. The van der Waals surface area contributed by atoms with Crippen molar-refractivity contribution in [1.29, 1.82) is 0 Å². The van der Waals surface area contributed by atoms with Crippen molar-refractivity contribution in [2.24, 2.45) is 0 Å². The minimum absolute atomic E-state index is 0.195. The second-order valence-corrected chi connectivity index (χ2v) is 7.04. The summed E-state index contributed by atoms with van der Waals surface area (Å²) in [5.41, 5.74) is 2.12. The maximum absolute atomic E-state index is 11.8. The Bertz CT molecular complexity index is 505. The first-order chi connectivity index (χ1) is 8.53.